The molecule has 8 nitrogen and oxygen atoms in total. The van der Waals surface area contributed by atoms with Crippen LogP contribution < -0.4 is 4.90 Å². The van der Waals surface area contributed by atoms with Crippen molar-refractivity contribution >= 4 is 49.8 Å². The van der Waals surface area contributed by atoms with Gasteiger partial charge in [0.2, 0.25) is 0 Å². The second kappa shape index (κ2) is 8.77. The molecule has 0 unspecified atom stereocenters. The van der Waals surface area contributed by atoms with Crippen LogP contribution in [0.15, 0.2) is 78.4 Å². The zero-order valence-corrected chi connectivity index (χ0v) is 19.4. The molecule has 1 aliphatic rings. The summed E-state index contributed by atoms with van der Waals surface area (Å²) in [5.74, 6) is -1.98. The fourth-order valence-corrected chi connectivity index (χ4v) is 5.21. The van der Waals surface area contributed by atoms with E-state index in [-0.39, 0.29) is 17.0 Å². The van der Waals surface area contributed by atoms with Gasteiger partial charge in [0, 0.05) is 17.7 Å². The highest BCUT2D eigenvalue weighted by Crippen LogP contribution is 2.44. The summed E-state index contributed by atoms with van der Waals surface area (Å²) in [4.78, 5) is 43.0. The summed E-state index contributed by atoms with van der Waals surface area (Å²) >= 11 is 1.28. The van der Waals surface area contributed by atoms with Gasteiger partial charge < -0.3 is 5.11 Å². The molecule has 5 rings (SSSR count). The largest absolute Gasteiger partial charge is 0.507 e. The van der Waals surface area contributed by atoms with Crippen molar-refractivity contribution in [3.05, 3.63) is 105 Å². The van der Waals surface area contributed by atoms with E-state index in [0.717, 1.165) is 16.7 Å². The van der Waals surface area contributed by atoms with E-state index < -0.39 is 22.7 Å². The summed E-state index contributed by atoms with van der Waals surface area (Å²) in [5, 5.41) is 22.6. The Morgan fingerprint density at radius 1 is 1.09 bits per heavy atom. The van der Waals surface area contributed by atoms with Crippen molar-refractivity contribution < 1.29 is 19.6 Å². The number of ketones is 1. The van der Waals surface area contributed by atoms with Crippen LogP contribution in [0.1, 0.15) is 29.7 Å². The smallest absolute Gasteiger partial charge is 0.301 e. The predicted octanol–water partition coefficient (Wildman–Crippen LogP) is 5.39. The first-order valence-corrected chi connectivity index (χ1v) is 11.7. The summed E-state index contributed by atoms with van der Waals surface area (Å²) in [5.41, 5.74) is 2.42. The number of carbonyl (C=O) groups excluding carboxylic acids is 2. The van der Waals surface area contributed by atoms with Gasteiger partial charge in [-0.1, -0.05) is 54.7 Å². The molecule has 1 fully saturated rings. The van der Waals surface area contributed by atoms with Crippen molar-refractivity contribution in [2.75, 3.05) is 4.90 Å². The van der Waals surface area contributed by atoms with Gasteiger partial charge in [-0.15, -0.1) is 0 Å². The third kappa shape index (κ3) is 3.85. The Hall–Kier alpha value is -4.37. The second-order valence-corrected chi connectivity index (χ2v) is 9.04. The van der Waals surface area contributed by atoms with E-state index in [1.165, 1.54) is 40.5 Å². The fraction of sp³-hybridized carbons (Fsp3) is 0.115. The number of fused-ring (bicyclic) bond motifs is 1. The van der Waals surface area contributed by atoms with Gasteiger partial charge in [-0.3, -0.25) is 24.6 Å². The topological polar surface area (TPSA) is 114 Å². The number of hydrogen-bond acceptors (Lipinski definition) is 7. The highest BCUT2D eigenvalue weighted by Gasteiger charge is 2.48. The molecule has 174 valence electrons. The van der Waals surface area contributed by atoms with Gasteiger partial charge in [-0.2, -0.15) is 0 Å². The minimum Gasteiger partial charge on any atom is -0.507 e. The van der Waals surface area contributed by atoms with Gasteiger partial charge in [0.15, 0.2) is 5.13 Å². The minimum absolute atomic E-state index is 0.0939. The van der Waals surface area contributed by atoms with E-state index in [1.807, 2.05) is 25.1 Å². The number of anilines is 1. The zero-order valence-electron chi connectivity index (χ0n) is 18.5. The number of nitro benzene ring substituents is 1. The molecular formula is C26H19N3O5S. The van der Waals surface area contributed by atoms with Gasteiger partial charge >= 0.3 is 5.91 Å². The predicted molar refractivity (Wildman–Crippen MR) is 133 cm³/mol. The number of hydrogen-bond donors (Lipinski definition) is 1. The number of carbonyl (C=O) groups is 2. The molecule has 1 aromatic heterocycles. The summed E-state index contributed by atoms with van der Waals surface area (Å²) in [6.07, 6.45) is 0.841. The standard InChI is InChI=1S/C26H19N3O5S/c1-2-15-8-13-19-20(14-15)35-26(27-19)28-22(16-9-11-18(12-10-16)29(33)34)21(24(31)25(28)32)23(30)17-6-4-3-5-7-17/h3-14,22,30H,2H2,1H3/b23-21+/t22-/m0/s1. The van der Waals surface area contributed by atoms with Gasteiger partial charge in [0.25, 0.3) is 11.5 Å². The molecule has 1 amide bonds. The Morgan fingerprint density at radius 3 is 2.46 bits per heavy atom. The SMILES string of the molecule is CCc1ccc2nc(N3C(=O)C(=O)/C(=C(/O)c4ccccc4)[C@@H]3c3ccc([N+](=O)[O-])cc3)sc2c1. The molecule has 0 aliphatic carbocycles. The highest BCUT2D eigenvalue weighted by molar-refractivity contribution is 7.22. The van der Waals surface area contributed by atoms with Gasteiger partial charge in [0.1, 0.15) is 5.76 Å². The number of aliphatic hydroxyl groups is 1. The van der Waals surface area contributed by atoms with Crippen molar-refractivity contribution in [1.29, 1.82) is 0 Å². The van der Waals surface area contributed by atoms with Crippen LogP contribution in [-0.4, -0.2) is 26.7 Å². The maximum absolute atomic E-state index is 13.3. The summed E-state index contributed by atoms with van der Waals surface area (Å²) < 4.78 is 0.867. The third-order valence-corrected chi connectivity index (χ3v) is 6.98. The molecule has 35 heavy (non-hydrogen) atoms. The molecule has 2 heterocycles. The summed E-state index contributed by atoms with van der Waals surface area (Å²) in [6, 6.07) is 18.9. The van der Waals surface area contributed by atoms with Crippen molar-refractivity contribution in [1.82, 2.24) is 4.98 Å². The van der Waals surface area contributed by atoms with Crippen molar-refractivity contribution in [2.45, 2.75) is 19.4 Å². The highest BCUT2D eigenvalue weighted by atomic mass is 32.1. The van der Waals surface area contributed by atoms with E-state index in [9.17, 15) is 24.8 Å². The van der Waals surface area contributed by atoms with Crippen LogP contribution in [0.5, 0.6) is 0 Å². The second-order valence-electron chi connectivity index (χ2n) is 8.04. The van der Waals surface area contributed by atoms with E-state index in [4.69, 9.17) is 0 Å². The molecule has 3 aromatic carbocycles. The summed E-state index contributed by atoms with van der Waals surface area (Å²) in [6.45, 7) is 2.04. The van der Waals surface area contributed by atoms with Gasteiger partial charge in [0.05, 0.1) is 26.8 Å². The minimum atomic E-state index is -0.998. The lowest BCUT2D eigenvalue weighted by atomic mass is 9.95. The molecule has 0 bridgehead atoms. The number of rotatable bonds is 5. The molecular weight excluding hydrogens is 466 g/mol. The average molecular weight is 486 g/mol. The van der Waals surface area contributed by atoms with E-state index in [1.54, 1.807) is 30.3 Å². The van der Waals surface area contributed by atoms with Crippen molar-refractivity contribution in [3.63, 3.8) is 0 Å². The van der Waals surface area contributed by atoms with E-state index in [2.05, 4.69) is 4.98 Å². The number of benzene rings is 3. The lowest BCUT2D eigenvalue weighted by molar-refractivity contribution is -0.384. The van der Waals surface area contributed by atoms with Crippen LogP contribution >= 0.6 is 11.3 Å². The maximum atomic E-state index is 13.3. The van der Waals surface area contributed by atoms with Crippen LogP contribution in [-0.2, 0) is 16.0 Å². The zero-order chi connectivity index (χ0) is 24.7. The molecule has 1 saturated heterocycles. The molecule has 1 aliphatic heterocycles. The molecule has 9 heteroatoms. The number of nitro groups is 1. The molecule has 1 atom stereocenters. The number of non-ortho nitro benzene ring substituents is 1. The van der Waals surface area contributed by atoms with E-state index in [0.29, 0.717) is 21.8 Å². The van der Waals surface area contributed by atoms with Crippen LogP contribution in [0.2, 0.25) is 0 Å². The van der Waals surface area contributed by atoms with Crippen molar-refractivity contribution in [2.24, 2.45) is 0 Å². The normalized spacial score (nSPS) is 17.3. The first-order chi connectivity index (χ1) is 16.9. The Bertz CT molecular complexity index is 1510. The first kappa shape index (κ1) is 22.4. The molecule has 1 N–H and O–H groups in total. The Morgan fingerprint density at radius 2 is 1.80 bits per heavy atom. The van der Waals surface area contributed by atoms with Crippen LogP contribution in [0.25, 0.3) is 16.0 Å². The molecule has 0 spiro atoms. The molecule has 4 aromatic rings. The number of thiazole rings is 1. The Balaban J connectivity index is 1.71. The quantitative estimate of drug-likeness (QED) is 0.133. The third-order valence-electron chi connectivity index (χ3n) is 5.97. The van der Waals surface area contributed by atoms with Crippen LogP contribution in [0.3, 0.4) is 0 Å². The molecule has 0 saturated carbocycles. The lowest BCUT2D eigenvalue weighted by Gasteiger charge is -2.22. The number of Topliss-reactive ketones (excluding diaryl/α,β-unsaturated/α-hetero) is 1. The number of nitrogens with zero attached hydrogens (tertiary/aromatic N) is 3. The number of aliphatic hydroxyl groups excluding tert-OH is 1. The summed E-state index contributed by atoms with van der Waals surface area (Å²) in [7, 11) is 0. The van der Waals surface area contributed by atoms with Crippen LogP contribution in [0.4, 0.5) is 10.8 Å². The van der Waals surface area contributed by atoms with E-state index >= 15 is 0 Å². The van der Waals surface area contributed by atoms with Crippen molar-refractivity contribution in [3.8, 4) is 0 Å². The average Bonchev–Trinajstić information content (AvgIpc) is 3.41. The van der Waals surface area contributed by atoms with Gasteiger partial charge in [-0.05, 0) is 41.8 Å². The lowest BCUT2D eigenvalue weighted by Crippen LogP contribution is -2.29. The Labute approximate surface area is 203 Å². The number of amides is 1. The first-order valence-electron chi connectivity index (χ1n) is 10.9. The fourth-order valence-electron chi connectivity index (χ4n) is 4.15. The Kier molecular flexibility index (Phi) is 5.62. The number of aromatic nitrogens is 1. The van der Waals surface area contributed by atoms with Crippen LogP contribution in [0, 0.1) is 10.1 Å². The maximum Gasteiger partial charge on any atom is 0.301 e. The monoisotopic (exact) mass is 485 g/mol. The number of aryl methyl sites for hydroxylation is 1. The molecule has 0 radical (unpaired) electrons. The van der Waals surface area contributed by atoms with Gasteiger partial charge in [-0.25, -0.2) is 4.98 Å².